The van der Waals surface area contributed by atoms with E-state index >= 15 is 0 Å². The lowest BCUT2D eigenvalue weighted by molar-refractivity contribution is -0.145. The van der Waals surface area contributed by atoms with Crippen molar-refractivity contribution in [2.24, 2.45) is 11.8 Å². The van der Waals surface area contributed by atoms with Crippen LogP contribution in [0.1, 0.15) is 29.5 Å². The number of aryl methyl sites for hydroxylation is 1. The van der Waals surface area contributed by atoms with Gasteiger partial charge in [0, 0.05) is 24.7 Å². The van der Waals surface area contributed by atoms with Gasteiger partial charge in [0.05, 0.1) is 5.92 Å². The van der Waals surface area contributed by atoms with E-state index in [1.165, 1.54) is 0 Å². The van der Waals surface area contributed by atoms with E-state index in [0.717, 1.165) is 11.1 Å². The Kier molecular flexibility index (Phi) is 4.38. The molecule has 2 heterocycles. The van der Waals surface area contributed by atoms with Crippen molar-refractivity contribution < 1.29 is 19.2 Å². The van der Waals surface area contributed by atoms with Gasteiger partial charge in [-0.05, 0) is 19.3 Å². The number of rotatable bonds is 3. The van der Waals surface area contributed by atoms with Crippen molar-refractivity contribution in [1.29, 1.82) is 0 Å². The molecule has 6 heteroatoms. The highest BCUT2D eigenvalue weighted by Gasteiger charge is 2.34. The van der Waals surface area contributed by atoms with E-state index in [-0.39, 0.29) is 17.6 Å². The molecule has 126 valence electrons. The fourth-order valence-electron chi connectivity index (χ4n) is 3.09. The molecule has 1 aliphatic heterocycles. The van der Waals surface area contributed by atoms with Gasteiger partial charge >= 0.3 is 5.97 Å². The normalized spacial score (nSPS) is 20.8. The van der Waals surface area contributed by atoms with Crippen molar-refractivity contribution in [3.63, 3.8) is 0 Å². The smallest absolute Gasteiger partial charge is 0.306 e. The first-order chi connectivity index (χ1) is 11.5. The Morgan fingerprint density at radius 3 is 2.62 bits per heavy atom. The van der Waals surface area contributed by atoms with Crippen molar-refractivity contribution in [2.45, 2.75) is 20.3 Å². The van der Waals surface area contributed by atoms with Gasteiger partial charge < -0.3 is 14.5 Å². The molecule has 1 aliphatic rings. The molecular formula is C18H20N2O4. The minimum Gasteiger partial charge on any atom is -0.481 e. The van der Waals surface area contributed by atoms with Crippen LogP contribution in [0.2, 0.25) is 0 Å². The quantitative estimate of drug-likeness (QED) is 0.936. The third kappa shape index (κ3) is 3.18. The molecule has 1 aromatic carbocycles. The summed E-state index contributed by atoms with van der Waals surface area (Å²) >= 11 is 0. The first-order valence-electron chi connectivity index (χ1n) is 8.01. The van der Waals surface area contributed by atoms with Gasteiger partial charge in [0.2, 0.25) is 5.76 Å². The molecule has 1 saturated heterocycles. The van der Waals surface area contributed by atoms with Gasteiger partial charge in [-0.1, -0.05) is 41.9 Å². The van der Waals surface area contributed by atoms with Crippen LogP contribution in [0.25, 0.3) is 11.3 Å². The largest absolute Gasteiger partial charge is 0.481 e. The third-order valence-corrected chi connectivity index (χ3v) is 4.58. The maximum absolute atomic E-state index is 12.6. The first-order valence-corrected chi connectivity index (χ1v) is 8.01. The number of hydrogen-bond donors (Lipinski definition) is 1. The Morgan fingerprint density at radius 1 is 1.29 bits per heavy atom. The molecule has 2 aromatic rings. The predicted octanol–water partition coefficient (Wildman–Crippen LogP) is 2.83. The summed E-state index contributed by atoms with van der Waals surface area (Å²) in [6, 6.07) is 9.46. The zero-order valence-electron chi connectivity index (χ0n) is 13.7. The van der Waals surface area contributed by atoms with E-state index in [1.807, 2.05) is 38.1 Å². The Labute approximate surface area is 140 Å². The van der Waals surface area contributed by atoms with E-state index in [2.05, 4.69) is 5.16 Å². The first kappa shape index (κ1) is 16.2. The van der Waals surface area contributed by atoms with E-state index in [1.54, 1.807) is 11.0 Å². The number of aliphatic carboxylic acids is 1. The van der Waals surface area contributed by atoms with Crippen LogP contribution in [0.5, 0.6) is 0 Å². The van der Waals surface area contributed by atoms with Gasteiger partial charge in [-0.25, -0.2) is 0 Å². The fraction of sp³-hybridized carbons (Fsp3) is 0.389. The maximum atomic E-state index is 12.6. The van der Waals surface area contributed by atoms with Crippen molar-refractivity contribution in [3.8, 4) is 11.3 Å². The molecule has 3 rings (SSSR count). The molecule has 0 spiro atoms. The van der Waals surface area contributed by atoms with Crippen LogP contribution in [0.15, 0.2) is 34.9 Å². The molecule has 24 heavy (non-hydrogen) atoms. The topological polar surface area (TPSA) is 83.6 Å². The van der Waals surface area contributed by atoms with Gasteiger partial charge in [0.25, 0.3) is 5.91 Å². The number of likely N-dealkylation sites (tertiary alicyclic amines) is 1. The lowest BCUT2D eigenvalue weighted by Gasteiger charge is -2.34. The van der Waals surface area contributed by atoms with Gasteiger partial charge in [0.15, 0.2) is 0 Å². The van der Waals surface area contributed by atoms with Crippen molar-refractivity contribution in [3.05, 3.63) is 41.7 Å². The van der Waals surface area contributed by atoms with Gasteiger partial charge in [-0.15, -0.1) is 0 Å². The number of piperidine rings is 1. The second-order valence-corrected chi connectivity index (χ2v) is 6.40. The minimum atomic E-state index is -0.795. The van der Waals surface area contributed by atoms with Crippen LogP contribution in [-0.2, 0) is 4.79 Å². The van der Waals surface area contributed by atoms with E-state index in [0.29, 0.717) is 25.2 Å². The van der Waals surface area contributed by atoms with Crippen LogP contribution in [0.3, 0.4) is 0 Å². The molecule has 1 N–H and O–H groups in total. The third-order valence-electron chi connectivity index (χ3n) is 4.58. The number of carbonyl (C=O) groups is 2. The van der Waals surface area contributed by atoms with E-state index in [4.69, 9.17) is 9.63 Å². The highest BCUT2D eigenvalue weighted by Crippen LogP contribution is 2.26. The summed E-state index contributed by atoms with van der Waals surface area (Å²) in [5.74, 6) is -1.33. The Hall–Kier alpha value is -2.63. The Morgan fingerprint density at radius 2 is 2.00 bits per heavy atom. The van der Waals surface area contributed by atoms with Crippen LogP contribution in [-0.4, -0.2) is 40.1 Å². The summed E-state index contributed by atoms with van der Waals surface area (Å²) in [5, 5.41) is 13.1. The number of hydrogen-bond acceptors (Lipinski definition) is 4. The van der Waals surface area contributed by atoms with Crippen LogP contribution < -0.4 is 0 Å². The zero-order chi connectivity index (χ0) is 17.3. The zero-order valence-corrected chi connectivity index (χ0v) is 13.7. The summed E-state index contributed by atoms with van der Waals surface area (Å²) in [6.07, 6.45) is 0.460. The number of nitrogens with zero attached hydrogens (tertiary/aromatic N) is 2. The minimum absolute atomic E-state index is 0.0836. The molecule has 0 bridgehead atoms. The number of carbonyl (C=O) groups excluding carboxylic acids is 1. The second kappa shape index (κ2) is 6.47. The SMILES string of the molecule is Cc1ccc(-c2cc(C(=O)N3CCC(C(=O)O)C(C)C3)on2)cc1. The van der Waals surface area contributed by atoms with Gasteiger partial charge in [0.1, 0.15) is 5.69 Å². The predicted molar refractivity (Wildman–Crippen MR) is 87.5 cm³/mol. The van der Waals surface area contributed by atoms with Crippen LogP contribution >= 0.6 is 0 Å². The van der Waals surface area contributed by atoms with Crippen LogP contribution in [0, 0.1) is 18.8 Å². The lowest BCUT2D eigenvalue weighted by Crippen LogP contribution is -2.44. The summed E-state index contributed by atoms with van der Waals surface area (Å²) in [5.41, 5.74) is 2.65. The summed E-state index contributed by atoms with van der Waals surface area (Å²) in [7, 11) is 0. The summed E-state index contributed by atoms with van der Waals surface area (Å²) < 4.78 is 5.22. The molecule has 2 atom stereocenters. The van der Waals surface area contributed by atoms with Gasteiger partial charge in [-0.2, -0.15) is 0 Å². The molecular weight excluding hydrogens is 308 g/mol. The lowest BCUT2D eigenvalue weighted by atomic mass is 9.87. The highest BCUT2D eigenvalue weighted by molar-refractivity contribution is 5.92. The monoisotopic (exact) mass is 328 g/mol. The van der Waals surface area contributed by atoms with Crippen molar-refractivity contribution >= 4 is 11.9 Å². The van der Waals surface area contributed by atoms with Gasteiger partial charge in [-0.3, -0.25) is 9.59 Å². The molecule has 1 aromatic heterocycles. The molecule has 6 nitrogen and oxygen atoms in total. The van der Waals surface area contributed by atoms with Crippen molar-refractivity contribution in [2.75, 3.05) is 13.1 Å². The van der Waals surface area contributed by atoms with Crippen molar-refractivity contribution in [1.82, 2.24) is 10.1 Å². The molecule has 0 radical (unpaired) electrons. The maximum Gasteiger partial charge on any atom is 0.306 e. The standard InChI is InChI=1S/C18H20N2O4/c1-11-3-5-13(6-4-11)15-9-16(24-19-15)17(21)20-8-7-14(18(22)23)12(2)10-20/h3-6,9,12,14H,7-8,10H2,1-2H3,(H,22,23). The average molecular weight is 328 g/mol. The molecule has 0 aliphatic carbocycles. The molecule has 1 amide bonds. The summed E-state index contributed by atoms with van der Waals surface area (Å²) in [4.78, 5) is 25.4. The number of benzene rings is 1. The highest BCUT2D eigenvalue weighted by atomic mass is 16.5. The second-order valence-electron chi connectivity index (χ2n) is 6.40. The van der Waals surface area contributed by atoms with E-state index in [9.17, 15) is 9.59 Å². The Bertz CT molecular complexity index is 751. The molecule has 0 saturated carbocycles. The summed E-state index contributed by atoms with van der Waals surface area (Å²) in [6.45, 7) is 4.69. The Balaban J connectivity index is 1.72. The molecule has 1 fully saturated rings. The van der Waals surface area contributed by atoms with E-state index < -0.39 is 11.9 Å². The number of carboxylic acid groups (broad SMARTS) is 1. The molecule has 2 unspecified atom stereocenters. The average Bonchev–Trinajstić information content (AvgIpc) is 3.04. The van der Waals surface area contributed by atoms with Crippen LogP contribution in [0.4, 0.5) is 0 Å². The number of amides is 1. The fourth-order valence-corrected chi connectivity index (χ4v) is 3.09. The number of carboxylic acids is 1. The number of aromatic nitrogens is 1.